The van der Waals surface area contributed by atoms with E-state index >= 15 is 0 Å². The molecule has 2 aliphatic rings. The summed E-state index contributed by atoms with van der Waals surface area (Å²) in [6.07, 6.45) is 5.97. The monoisotopic (exact) mass is 497 g/mol. The molecule has 2 aromatic heterocycles. The van der Waals surface area contributed by atoms with Gasteiger partial charge in [-0.05, 0) is 61.9 Å². The van der Waals surface area contributed by atoms with Gasteiger partial charge in [-0.3, -0.25) is 19.4 Å². The fourth-order valence-electron chi connectivity index (χ4n) is 4.97. The Morgan fingerprint density at radius 1 is 0.833 bits per heavy atom. The first-order valence-electron chi connectivity index (χ1n) is 12.1. The molecule has 0 radical (unpaired) electrons. The maximum atomic E-state index is 13.3. The first-order valence-corrected chi connectivity index (χ1v) is 13.0. The third-order valence-corrected chi connectivity index (χ3v) is 8.28. The van der Waals surface area contributed by atoms with Crippen LogP contribution in [0.3, 0.4) is 0 Å². The van der Waals surface area contributed by atoms with Crippen LogP contribution >= 0.6 is 11.3 Å². The fraction of sp³-hybridized carbons (Fsp3) is 0.310. The second-order valence-electron chi connectivity index (χ2n) is 9.57. The van der Waals surface area contributed by atoms with E-state index in [9.17, 15) is 14.4 Å². The minimum Gasteiger partial charge on any atom is -0.338 e. The van der Waals surface area contributed by atoms with Crippen LogP contribution in [-0.4, -0.2) is 58.6 Å². The number of hydrogen-bond donors (Lipinski definition) is 0. The summed E-state index contributed by atoms with van der Waals surface area (Å²) in [6, 6.07) is 15.0. The second kappa shape index (κ2) is 10.1. The highest BCUT2D eigenvalue weighted by molar-refractivity contribution is 7.15. The molecule has 0 unspecified atom stereocenters. The number of nitrogens with zero attached hydrogens (tertiary/aromatic N) is 3. The Bertz CT molecular complexity index is 1360. The van der Waals surface area contributed by atoms with Gasteiger partial charge in [0.25, 0.3) is 11.8 Å². The highest BCUT2D eigenvalue weighted by Crippen LogP contribution is 2.41. The number of carbonyl (C=O) groups excluding carboxylic acids is 3. The van der Waals surface area contributed by atoms with Crippen molar-refractivity contribution in [2.45, 2.75) is 26.2 Å². The molecule has 3 aromatic rings. The zero-order chi connectivity index (χ0) is 25.1. The third kappa shape index (κ3) is 5.09. The molecule has 0 aliphatic carbocycles. The van der Waals surface area contributed by atoms with E-state index in [1.165, 1.54) is 18.3 Å². The van der Waals surface area contributed by atoms with Gasteiger partial charge in [-0.1, -0.05) is 30.0 Å². The molecular formula is C29H27N3O3S. The van der Waals surface area contributed by atoms with E-state index < -0.39 is 0 Å². The SMILES string of the molecule is CC(=O)c1ccc(C(=O)N2CCC3(CCN(C(=O)c4cncc(C#Cc5ccccc5)c4)C3)CC2)s1. The van der Waals surface area contributed by atoms with Gasteiger partial charge >= 0.3 is 0 Å². The van der Waals surface area contributed by atoms with Crippen molar-refractivity contribution in [3.63, 3.8) is 0 Å². The molecule has 2 saturated heterocycles. The van der Waals surface area contributed by atoms with Crippen molar-refractivity contribution < 1.29 is 14.4 Å². The summed E-state index contributed by atoms with van der Waals surface area (Å²) < 4.78 is 0. The summed E-state index contributed by atoms with van der Waals surface area (Å²) >= 11 is 1.26. The molecule has 7 heteroatoms. The topological polar surface area (TPSA) is 70.6 Å². The van der Waals surface area contributed by atoms with Crippen LogP contribution in [0.5, 0.6) is 0 Å². The predicted molar refractivity (Wildman–Crippen MR) is 139 cm³/mol. The number of amides is 2. The van der Waals surface area contributed by atoms with E-state index in [4.69, 9.17) is 0 Å². The molecule has 36 heavy (non-hydrogen) atoms. The van der Waals surface area contributed by atoms with Crippen molar-refractivity contribution in [1.29, 1.82) is 0 Å². The Morgan fingerprint density at radius 2 is 1.50 bits per heavy atom. The predicted octanol–water partition coefficient (Wildman–Crippen LogP) is 4.51. The van der Waals surface area contributed by atoms with Crippen LogP contribution in [-0.2, 0) is 0 Å². The zero-order valence-electron chi connectivity index (χ0n) is 20.2. The van der Waals surface area contributed by atoms with Gasteiger partial charge in [0.1, 0.15) is 0 Å². The minimum atomic E-state index is -0.0173. The number of carbonyl (C=O) groups is 3. The molecule has 6 nitrogen and oxygen atoms in total. The number of pyridine rings is 1. The molecule has 2 amide bonds. The van der Waals surface area contributed by atoms with Gasteiger partial charge in [-0.2, -0.15) is 0 Å². The van der Waals surface area contributed by atoms with Crippen molar-refractivity contribution in [3.05, 3.63) is 87.4 Å². The van der Waals surface area contributed by atoms with Crippen LogP contribution in [0, 0.1) is 17.3 Å². The average Bonchev–Trinajstić information content (AvgIpc) is 3.56. The number of rotatable bonds is 3. The van der Waals surface area contributed by atoms with Gasteiger partial charge in [0.15, 0.2) is 5.78 Å². The van der Waals surface area contributed by atoms with Crippen LogP contribution in [0.25, 0.3) is 0 Å². The molecule has 0 atom stereocenters. The number of piperidine rings is 1. The number of Topliss-reactive ketones (excluding diaryl/α,β-unsaturated/α-hetero) is 1. The Hall–Kier alpha value is -3.76. The maximum absolute atomic E-state index is 13.3. The lowest BCUT2D eigenvalue weighted by molar-refractivity contribution is 0.0569. The summed E-state index contributed by atoms with van der Waals surface area (Å²) in [4.78, 5) is 47.0. The van der Waals surface area contributed by atoms with Gasteiger partial charge in [-0.15, -0.1) is 11.3 Å². The third-order valence-electron chi connectivity index (χ3n) is 7.11. The summed E-state index contributed by atoms with van der Waals surface area (Å²) in [7, 11) is 0. The number of aromatic nitrogens is 1. The fourth-order valence-corrected chi connectivity index (χ4v) is 5.84. The van der Waals surface area contributed by atoms with E-state index in [-0.39, 0.29) is 23.0 Å². The first-order chi connectivity index (χ1) is 17.4. The molecule has 0 bridgehead atoms. The van der Waals surface area contributed by atoms with Gasteiger partial charge in [-0.25, -0.2) is 0 Å². The second-order valence-corrected chi connectivity index (χ2v) is 10.7. The minimum absolute atomic E-state index is 0.00668. The molecule has 4 heterocycles. The van der Waals surface area contributed by atoms with Gasteiger partial charge in [0, 0.05) is 49.7 Å². The zero-order valence-corrected chi connectivity index (χ0v) is 21.0. The summed E-state index contributed by atoms with van der Waals surface area (Å²) in [6.45, 7) is 4.25. The van der Waals surface area contributed by atoms with Crippen LogP contribution in [0.1, 0.15) is 67.0 Å². The Labute approximate surface area is 215 Å². The maximum Gasteiger partial charge on any atom is 0.263 e. The molecule has 0 saturated carbocycles. The smallest absolute Gasteiger partial charge is 0.263 e. The number of hydrogen-bond acceptors (Lipinski definition) is 5. The van der Waals surface area contributed by atoms with Crippen LogP contribution in [0.2, 0.25) is 0 Å². The van der Waals surface area contributed by atoms with E-state index in [1.807, 2.05) is 46.2 Å². The number of benzene rings is 1. The standard InChI is InChI=1S/C29H27N3O3S/c1-21(33)25-9-10-26(36-25)28(35)31-14-11-29(12-15-31)13-16-32(20-29)27(34)24-17-23(18-30-19-24)8-7-22-5-3-2-4-6-22/h2-6,9-10,17-19H,11-16,20H2,1H3. The van der Waals surface area contributed by atoms with E-state index in [1.54, 1.807) is 24.5 Å². The van der Waals surface area contributed by atoms with Crippen molar-refractivity contribution in [3.8, 4) is 11.8 Å². The molecule has 2 aliphatic heterocycles. The number of ketones is 1. The molecule has 2 fully saturated rings. The van der Waals surface area contributed by atoms with Crippen LogP contribution in [0.15, 0.2) is 60.9 Å². The van der Waals surface area contributed by atoms with Crippen molar-refractivity contribution in [2.24, 2.45) is 5.41 Å². The molecule has 1 spiro atoms. The lowest BCUT2D eigenvalue weighted by Crippen LogP contribution is -2.44. The average molecular weight is 498 g/mol. The molecular weight excluding hydrogens is 470 g/mol. The van der Waals surface area contributed by atoms with Crippen molar-refractivity contribution in [1.82, 2.24) is 14.8 Å². The summed E-state index contributed by atoms with van der Waals surface area (Å²) in [5, 5.41) is 0. The highest BCUT2D eigenvalue weighted by Gasteiger charge is 2.43. The Morgan fingerprint density at radius 3 is 2.19 bits per heavy atom. The lowest BCUT2D eigenvalue weighted by atomic mass is 9.77. The van der Waals surface area contributed by atoms with E-state index in [0.717, 1.165) is 24.8 Å². The number of thiophene rings is 1. The van der Waals surface area contributed by atoms with E-state index in [2.05, 4.69) is 16.8 Å². The molecule has 5 rings (SSSR count). The highest BCUT2D eigenvalue weighted by atomic mass is 32.1. The quantitative estimate of drug-likeness (QED) is 0.394. The van der Waals surface area contributed by atoms with Gasteiger partial charge < -0.3 is 9.80 Å². The molecule has 1 aromatic carbocycles. The first kappa shape index (κ1) is 24.0. The van der Waals surface area contributed by atoms with Gasteiger partial charge in [0.2, 0.25) is 0 Å². The van der Waals surface area contributed by atoms with E-state index in [0.29, 0.717) is 47.1 Å². The van der Waals surface area contributed by atoms with Crippen LogP contribution in [0.4, 0.5) is 0 Å². The normalized spacial score (nSPS) is 16.5. The molecule has 0 N–H and O–H groups in total. The summed E-state index contributed by atoms with van der Waals surface area (Å²) in [5.41, 5.74) is 2.23. The van der Waals surface area contributed by atoms with Crippen LogP contribution < -0.4 is 0 Å². The summed E-state index contributed by atoms with van der Waals surface area (Å²) in [5.74, 6) is 6.17. The molecule has 182 valence electrons. The largest absolute Gasteiger partial charge is 0.338 e. The van der Waals surface area contributed by atoms with Crippen molar-refractivity contribution in [2.75, 3.05) is 26.2 Å². The Balaban J connectivity index is 1.20. The number of likely N-dealkylation sites (tertiary alicyclic amines) is 2. The lowest BCUT2D eigenvalue weighted by Gasteiger charge is -2.39. The Kier molecular flexibility index (Phi) is 6.71. The van der Waals surface area contributed by atoms with Crippen molar-refractivity contribution >= 4 is 28.9 Å². The van der Waals surface area contributed by atoms with Gasteiger partial charge in [0.05, 0.1) is 15.3 Å².